The molecule has 0 saturated carbocycles. The number of Topliss-reactive ketones (excluding diaryl/α,β-unsaturated/α-hetero) is 1. The van der Waals surface area contributed by atoms with Gasteiger partial charge in [0.25, 0.3) is 0 Å². The number of benzene rings is 1. The summed E-state index contributed by atoms with van der Waals surface area (Å²) < 4.78 is 1.07. The Hall–Kier alpha value is -0.630. The molecule has 0 heterocycles. The molecule has 1 aromatic rings. The van der Waals surface area contributed by atoms with Crippen LogP contribution in [0.5, 0.6) is 0 Å². The van der Waals surface area contributed by atoms with Gasteiger partial charge < -0.3 is 0 Å². The number of rotatable bonds is 7. The maximum absolute atomic E-state index is 12.2. The number of hydrogen-bond acceptors (Lipinski definition) is 1. The zero-order valence-corrected chi connectivity index (χ0v) is 13.2. The van der Waals surface area contributed by atoms with Crippen LogP contribution in [0.4, 0.5) is 0 Å². The SMILES string of the molecule is CCCCC(CC)CC(=O)c1ccc(Br)c(C)c1. The maximum atomic E-state index is 12.2. The highest BCUT2D eigenvalue weighted by atomic mass is 79.9. The van der Waals surface area contributed by atoms with Crippen molar-refractivity contribution in [3.05, 3.63) is 33.8 Å². The van der Waals surface area contributed by atoms with Crippen LogP contribution >= 0.6 is 15.9 Å². The predicted molar refractivity (Wildman–Crippen MR) is 81.1 cm³/mol. The molecule has 1 unspecified atom stereocenters. The summed E-state index contributed by atoms with van der Waals surface area (Å²) in [6, 6.07) is 5.88. The second-order valence-corrected chi connectivity index (χ2v) is 5.86. The van der Waals surface area contributed by atoms with Gasteiger partial charge in [0, 0.05) is 16.5 Å². The van der Waals surface area contributed by atoms with E-state index in [0.29, 0.717) is 12.3 Å². The average Bonchev–Trinajstić information content (AvgIpc) is 2.37. The molecule has 0 bridgehead atoms. The molecule has 0 fully saturated rings. The smallest absolute Gasteiger partial charge is 0.163 e. The summed E-state index contributed by atoms with van der Waals surface area (Å²) in [5, 5.41) is 0. The molecule has 0 aliphatic heterocycles. The molecule has 100 valence electrons. The minimum absolute atomic E-state index is 0.286. The topological polar surface area (TPSA) is 17.1 Å². The van der Waals surface area contributed by atoms with Crippen LogP contribution in [-0.2, 0) is 0 Å². The third kappa shape index (κ3) is 4.56. The Kier molecular flexibility index (Phi) is 6.62. The van der Waals surface area contributed by atoms with Crippen LogP contribution in [0, 0.1) is 12.8 Å². The van der Waals surface area contributed by atoms with Crippen LogP contribution in [0.1, 0.15) is 61.9 Å². The van der Waals surface area contributed by atoms with Crippen molar-refractivity contribution in [1.29, 1.82) is 0 Å². The average molecular weight is 311 g/mol. The first-order valence-corrected chi connectivity index (χ1v) is 7.67. The molecule has 0 N–H and O–H groups in total. The first-order valence-electron chi connectivity index (χ1n) is 6.87. The van der Waals surface area contributed by atoms with Crippen molar-refractivity contribution in [2.45, 2.75) is 52.9 Å². The quantitative estimate of drug-likeness (QED) is 0.604. The minimum atomic E-state index is 0.286. The lowest BCUT2D eigenvalue weighted by molar-refractivity contribution is 0.0957. The second kappa shape index (κ2) is 7.73. The molecule has 0 aromatic heterocycles. The molecular formula is C16H23BrO. The van der Waals surface area contributed by atoms with Crippen molar-refractivity contribution >= 4 is 21.7 Å². The van der Waals surface area contributed by atoms with E-state index in [1.165, 1.54) is 19.3 Å². The Labute approximate surface area is 119 Å². The van der Waals surface area contributed by atoms with Crippen LogP contribution < -0.4 is 0 Å². The Morgan fingerprint density at radius 3 is 2.61 bits per heavy atom. The summed E-state index contributed by atoms with van der Waals surface area (Å²) in [5.41, 5.74) is 1.98. The number of carbonyl (C=O) groups is 1. The van der Waals surface area contributed by atoms with Crippen molar-refractivity contribution in [3.8, 4) is 0 Å². The highest BCUT2D eigenvalue weighted by molar-refractivity contribution is 9.10. The van der Waals surface area contributed by atoms with E-state index in [-0.39, 0.29) is 5.78 Å². The number of halogens is 1. The summed E-state index contributed by atoms with van der Waals surface area (Å²) in [5.74, 6) is 0.829. The first-order chi connectivity index (χ1) is 8.58. The molecule has 2 heteroatoms. The number of unbranched alkanes of at least 4 members (excludes halogenated alkanes) is 1. The summed E-state index contributed by atoms with van der Waals surface area (Å²) >= 11 is 3.47. The van der Waals surface area contributed by atoms with E-state index in [0.717, 1.165) is 22.0 Å². The lowest BCUT2D eigenvalue weighted by Gasteiger charge is -2.13. The van der Waals surface area contributed by atoms with Crippen LogP contribution in [0.15, 0.2) is 22.7 Å². The fourth-order valence-electron chi connectivity index (χ4n) is 2.14. The van der Waals surface area contributed by atoms with E-state index in [4.69, 9.17) is 0 Å². The van der Waals surface area contributed by atoms with Gasteiger partial charge in [-0.05, 0) is 30.5 Å². The van der Waals surface area contributed by atoms with E-state index in [9.17, 15) is 4.79 Å². The van der Waals surface area contributed by atoms with Gasteiger partial charge in [0.2, 0.25) is 0 Å². The molecule has 1 atom stereocenters. The third-order valence-corrected chi connectivity index (χ3v) is 4.39. The van der Waals surface area contributed by atoms with Crippen molar-refractivity contribution in [3.63, 3.8) is 0 Å². The number of hydrogen-bond donors (Lipinski definition) is 0. The molecule has 0 spiro atoms. The third-order valence-electron chi connectivity index (χ3n) is 3.50. The van der Waals surface area contributed by atoms with Crippen LogP contribution in [0.25, 0.3) is 0 Å². The minimum Gasteiger partial charge on any atom is -0.294 e. The molecule has 0 radical (unpaired) electrons. The number of ketones is 1. The Balaban J connectivity index is 2.65. The van der Waals surface area contributed by atoms with E-state index in [2.05, 4.69) is 29.8 Å². The van der Waals surface area contributed by atoms with Gasteiger partial charge in [0.1, 0.15) is 0 Å². The van der Waals surface area contributed by atoms with Gasteiger partial charge in [-0.1, -0.05) is 61.5 Å². The molecule has 1 rings (SSSR count). The summed E-state index contributed by atoms with van der Waals surface area (Å²) in [6.07, 6.45) is 5.40. The Bertz CT molecular complexity index is 398. The largest absolute Gasteiger partial charge is 0.294 e. The molecule has 18 heavy (non-hydrogen) atoms. The van der Waals surface area contributed by atoms with Gasteiger partial charge in [0.15, 0.2) is 5.78 Å². The second-order valence-electron chi connectivity index (χ2n) is 5.01. The molecule has 1 aromatic carbocycles. The molecule has 1 nitrogen and oxygen atoms in total. The van der Waals surface area contributed by atoms with Crippen LogP contribution in [-0.4, -0.2) is 5.78 Å². The van der Waals surface area contributed by atoms with Crippen molar-refractivity contribution in [1.82, 2.24) is 0 Å². The van der Waals surface area contributed by atoms with Crippen LogP contribution in [0.2, 0.25) is 0 Å². The maximum Gasteiger partial charge on any atom is 0.163 e. The van der Waals surface area contributed by atoms with Gasteiger partial charge >= 0.3 is 0 Å². The lowest BCUT2D eigenvalue weighted by Crippen LogP contribution is -2.08. The monoisotopic (exact) mass is 310 g/mol. The zero-order valence-electron chi connectivity index (χ0n) is 11.6. The fraction of sp³-hybridized carbons (Fsp3) is 0.562. The molecule has 0 amide bonds. The normalized spacial score (nSPS) is 12.4. The highest BCUT2D eigenvalue weighted by Crippen LogP contribution is 2.22. The van der Waals surface area contributed by atoms with E-state index >= 15 is 0 Å². The Morgan fingerprint density at radius 1 is 1.33 bits per heavy atom. The standard InChI is InChI=1S/C16H23BrO/c1-4-6-7-13(5-2)11-16(18)14-8-9-15(17)12(3)10-14/h8-10,13H,4-7,11H2,1-3H3. The highest BCUT2D eigenvalue weighted by Gasteiger charge is 2.14. The van der Waals surface area contributed by atoms with Gasteiger partial charge in [-0.2, -0.15) is 0 Å². The Morgan fingerprint density at radius 2 is 2.06 bits per heavy atom. The van der Waals surface area contributed by atoms with E-state index in [1.54, 1.807) is 0 Å². The van der Waals surface area contributed by atoms with Crippen LogP contribution in [0.3, 0.4) is 0 Å². The molecular weight excluding hydrogens is 288 g/mol. The molecule has 0 saturated heterocycles. The van der Waals surface area contributed by atoms with E-state index in [1.807, 2.05) is 25.1 Å². The summed E-state index contributed by atoms with van der Waals surface area (Å²) in [7, 11) is 0. The van der Waals surface area contributed by atoms with Gasteiger partial charge in [-0.25, -0.2) is 0 Å². The zero-order chi connectivity index (χ0) is 13.5. The van der Waals surface area contributed by atoms with Gasteiger partial charge in [-0.15, -0.1) is 0 Å². The molecule has 0 aliphatic rings. The van der Waals surface area contributed by atoms with Crippen molar-refractivity contribution < 1.29 is 4.79 Å². The summed E-state index contributed by atoms with van der Waals surface area (Å²) in [6.45, 7) is 6.41. The van der Waals surface area contributed by atoms with Crippen molar-refractivity contribution in [2.24, 2.45) is 5.92 Å². The number of aryl methyl sites for hydroxylation is 1. The van der Waals surface area contributed by atoms with E-state index < -0.39 is 0 Å². The van der Waals surface area contributed by atoms with Gasteiger partial charge in [-0.3, -0.25) is 4.79 Å². The predicted octanol–water partition coefficient (Wildman–Crippen LogP) is 5.55. The van der Waals surface area contributed by atoms with Gasteiger partial charge in [0.05, 0.1) is 0 Å². The molecule has 0 aliphatic carbocycles. The first kappa shape index (κ1) is 15.4. The fourth-order valence-corrected chi connectivity index (χ4v) is 2.39. The summed E-state index contributed by atoms with van der Waals surface area (Å²) in [4.78, 5) is 12.2. The van der Waals surface area contributed by atoms with Crippen molar-refractivity contribution in [2.75, 3.05) is 0 Å². The number of carbonyl (C=O) groups excluding carboxylic acids is 1. The lowest BCUT2D eigenvalue weighted by atomic mass is 9.91.